The molecule has 136 valence electrons. The van der Waals surface area contributed by atoms with E-state index in [9.17, 15) is 15.0 Å². The lowest BCUT2D eigenvalue weighted by molar-refractivity contribution is 0.0481. The molecular formula is C19H25NO5. The maximum Gasteiger partial charge on any atom is 0.407 e. The summed E-state index contributed by atoms with van der Waals surface area (Å²) in [7, 11) is 1.56. The van der Waals surface area contributed by atoms with Crippen molar-refractivity contribution in [1.29, 1.82) is 0 Å². The molecule has 1 saturated heterocycles. The van der Waals surface area contributed by atoms with Crippen LogP contribution in [0, 0.1) is 17.3 Å². The van der Waals surface area contributed by atoms with Crippen molar-refractivity contribution in [3.8, 4) is 23.3 Å². The molecule has 0 saturated carbocycles. The minimum Gasteiger partial charge on any atom is -0.493 e. The summed E-state index contributed by atoms with van der Waals surface area (Å²) in [6, 6.07) is 5.55. The van der Waals surface area contributed by atoms with Crippen molar-refractivity contribution in [3.63, 3.8) is 0 Å². The fourth-order valence-corrected chi connectivity index (χ4v) is 3.28. The average Bonchev–Trinajstić information content (AvgIpc) is 2.94. The van der Waals surface area contributed by atoms with E-state index in [1.165, 1.54) is 4.90 Å². The largest absolute Gasteiger partial charge is 0.493 e. The molecule has 25 heavy (non-hydrogen) atoms. The SMILES string of the molecule is CC#CCOc1cc([C@@H]2CN(C(=O)O)C[C@@]2(C)[C@@H](C)O)ccc1OC. The molecule has 3 atom stereocenters. The standard InChI is InChI=1S/C19H25NO5/c1-5-6-9-25-17-10-14(7-8-16(17)24-4)15-11-20(18(22)23)12-19(15,3)13(2)21/h7-8,10,13,15,21H,9,11-12H2,1-4H3,(H,22,23)/t13-,15+,19+/m1/s1. The van der Waals surface area contributed by atoms with E-state index in [2.05, 4.69) is 11.8 Å². The number of aliphatic hydroxyl groups excluding tert-OH is 1. The van der Waals surface area contributed by atoms with Crippen LogP contribution in [0.4, 0.5) is 4.79 Å². The van der Waals surface area contributed by atoms with Crippen molar-refractivity contribution in [2.75, 3.05) is 26.8 Å². The van der Waals surface area contributed by atoms with Gasteiger partial charge in [-0.05, 0) is 31.5 Å². The molecule has 2 rings (SSSR count). The average molecular weight is 347 g/mol. The van der Waals surface area contributed by atoms with E-state index < -0.39 is 17.6 Å². The highest BCUT2D eigenvalue weighted by Gasteiger charge is 2.48. The van der Waals surface area contributed by atoms with E-state index in [-0.39, 0.29) is 19.1 Å². The second-order valence-electron chi connectivity index (χ2n) is 6.52. The molecule has 1 heterocycles. The number of hydrogen-bond donors (Lipinski definition) is 2. The third-order valence-electron chi connectivity index (χ3n) is 5.02. The number of rotatable bonds is 5. The summed E-state index contributed by atoms with van der Waals surface area (Å²) in [4.78, 5) is 12.8. The summed E-state index contributed by atoms with van der Waals surface area (Å²) < 4.78 is 11.0. The molecule has 0 unspecified atom stereocenters. The molecule has 2 N–H and O–H groups in total. The van der Waals surface area contributed by atoms with Crippen LogP contribution < -0.4 is 9.47 Å². The number of ether oxygens (including phenoxy) is 2. The molecule has 1 aromatic carbocycles. The van der Waals surface area contributed by atoms with E-state index in [0.717, 1.165) is 5.56 Å². The molecular weight excluding hydrogens is 322 g/mol. The number of methoxy groups -OCH3 is 1. The molecule has 0 bridgehead atoms. The number of benzene rings is 1. The fraction of sp³-hybridized carbons (Fsp3) is 0.526. The van der Waals surface area contributed by atoms with Crippen LogP contribution in [-0.2, 0) is 0 Å². The topological polar surface area (TPSA) is 79.2 Å². The van der Waals surface area contributed by atoms with Crippen LogP contribution in [0.3, 0.4) is 0 Å². The molecule has 0 aromatic heterocycles. The molecule has 1 amide bonds. The van der Waals surface area contributed by atoms with Crippen molar-refractivity contribution in [1.82, 2.24) is 4.90 Å². The quantitative estimate of drug-likeness (QED) is 0.800. The minimum absolute atomic E-state index is 0.144. The zero-order valence-corrected chi connectivity index (χ0v) is 15.1. The van der Waals surface area contributed by atoms with Crippen LogP contribution in [0.5, 0.6) is 11.5 Å². The first kappa shape index (κ1) is 18.9. The summed E-state index contributed by atoms with van der Waals surface area (Å²) in [5.74, 6) is 6.62. The fourth-order valence-electron chi connectivity index (χ4n) is 3.28. The summed E-state index contributed by atoms with van der Waals surface area (Å²) in [5.41, 5.74) is 0.334. The number of likely N-dealkylation sites (tertiary alicyclic amines) is 1. The van der Waals surface area contributed by atoms with Gasteiger partial charge in [0.2, 0.25) is 0 Å². The highest BCUT2D eigenvalue weighted by molar-refractivity contribution is 5.66. The van der Waals surface area contributed by atoms with E-state index in [1.54, 1.807) is 27.0 Å². The molecule has 0 spiro atoms. The first-order chi connectivity index (χ1) is 11.8. The van der Waals surface area contributed by atoms with Crippen LogP contribution in [0.1, 0.15) is 32.3 Å². The lowest BCUT2D eigenvalue weighted by Gasteiger charge is -2.33. The number of hydrogen-bond acceptors (Lipinski definition) is 4. The van der Waals surface area contributed by atoms with Crippen molar-refractivity contribution < 1.29 is 24.5 Å². The molecule has 6 nitrogen and oxygen atoms in total. The predicted molar refractivity (Wildman–Crippen MR) is 94.1 cm³/mol. The smallest absolute Gasteiger partial charge is 0.407 e. The Morgan fingerprint density at radius 3 is 2.76 bits per heavy atom. The van der Waals surface area contributed by atoms with Gasteiger partial charge in [-0.2, -0.15) is 0 Å². The second-order valence-corrected chi connectivity index (χ2v) is 6.52. The lowest BCUT2D eigenvalue weighted by atomic mass is 9.72. The third kappa shape index (κ3) is 3.83. The highest BCUT2D eigenvalue weighted by Crippen LogP contribution is 2.46. The van der Waals surface area contributed by atoms with Gasteiger partial charge in [-0.1, -0.05) is 18.9 Å². The maximum atomic E-state index is 11.4. The molecule has 0 radical (unpaired) electrons. The molecule has 0 aliphatic carbocycles. The van der Waals surface area contributed by atoms with Gasteiger partial charge < -0.3 is 24.6 Å². The van der Waals surface area contributed by atoms with Gasteiger partial charge in [-0.25, -0.2) is 4.79 Å². The lowest BCUT2D eigenvalue weighted by Crippen LogP contribution is -2.37. The summed E-state index contributed by atoms with van der Waals surface area (Å²) in [6.07, 6.45) is -1.63. The number of carboxylic acid groups (broad SMARTS) is 1. The maximum absolute atomic E-state index is 11.4. The summed E-state index contributed by atoms with van der Waals surface area (Å²) >= 11 is 0. The van der Waals surface area contributed by atoms with Crippen LogP contribution in [0.2, 0.25) is 0 Å². The predicted octanol–water partition coefficient (Wildman–Crippen LogP) is 2.56. The molecule has 1 aliphatic heterocycles. The van der Waals surface area contributed by atoms with Crippen molar-refractivity contribution in [2.24, 2.45) is 5.41 Å². The van der Waals surface area contributed by atoms with Crippen LogP contribution in [-0.4, -0.2) is 54.1 Å². The van der Waals surface area contributed by atoms with Gasteiger partial charge >= 0.3 is 6.09 Å². The Balaban J connectivity index is 2.38. The van der Waals surface area contributed by atoms with Crippen LogP contribution in [0.15, 0.2) is 18.2 Å². The zero-order chi connectivity index (χ0) is 18.6. The van der Waals surface area contributed by atoms with E-state index in [1.807, 2.05) is 19.1 Å². The highest BCUT2D eigenvalue weighted by atomic mass is 16.5. The molecule has 1 aliphatic rings. The molecule has 6 heteroatoms. The number of nitrogens with zero attached hydrogens (tertiary/aromatic N) is 1. The Morgan fingerprint density at radius 1 is 1.48 bits per heavy atom. The van der Waals surface area contributed by atoms with Gasteiger partial charge in [0.25, 0.3) is 0 Å². The Kier molecular flexibility index (Phi) is 5.81. The van der Waals surface area contributed by atoms with Gasteiger partial charge in [0.05, 0.1) is 13.2 Å². The van der Waals surface area contributed by atoms with Crippen molar-refractivity contribution in [3.05, 3.63) is 23.8 Å². The van der Waals surface area contributed by atoms with Crippen LogP contribution >= 0.6 is 0 Å². The van der Waals surface area contributed by atoms with Gasteiger partial charge in [0.15, 0.2) is 11.5 Å². The van der Waals surface area contributed by atoms with Crippen molar-refractivity contribution in [2.45, 2.75) is 32.8 Å². The monoisotopic (exact) mass is 347 g/mol. The van der Waals surface area contributed by atoms with Gasteiger partial charge in [0, 0.05) is 24.4 Å². The van der Waals surface area contributed by atoms with Crippen molar-refractivity contribution >= 4 is 6.09 Å². The minimum atomic E-state index is -0.974. The third-order valence-corrected chi connectivity index (χ3v) is 5.02. The summed E-state index contributed by atoms with van der Waals surface area (Å²) in [6.45, 7) is 6.22. The Hall–Kier alpha value is -2.39. The first-order valence-corrected chi connectivity index (χ1v) is 8.19. The zero-order valence-electron chi connectivity index (χ0n) is 15.1. The first-order valence-electron chi connectivity index (χ1n) is 8.19. The number of aliphatic hydroxyl groups is 1. The van der Waals surface area contributed by atoms with Gasteiger partial charge in [0.1, 0.15) is 6.61 Å². The Morgan fingerprint density at radius 2 is 2.20 bits per heavy atom. The summed E-state index contributed by atoms with van der Waals surface area (Å²) in [5, 5.41) is 19.6. The number of amides is 1. The van der Waals surface area contributed by atoms with E-state index >= 15 is 0 Å². The molecule has 1 fully saturated rings. The van der Waals surface area contributed by atoms with E-state index in [4.69, 9.17) is 9.47 Å². The van der Waals surface area contributed by atoms with Crippen LogP contribution in [0.25, 0.3) is 0 Å². The Bertz CT molecular complexity index is 691. The van der Waals surface area contributed by atoms with Gasteiger partial charge in [-0.3, -0.25) is 0 Å². The van der Waals surface area contributed by atoms with E-state index in [0.29, 0.717) is 18.0 Å². The second kappa shape index (κ2) is 7.66. The normalized spacial score (nSPS) is 23.6. The number of carbonyl (C=O) groups is 1. The Labute approximate surface area is 148 Å². The van der Waals surface area contributed by atoms with Gasteiger partial charge in [-0.15, -0.1) is 5.92 Å². The molecule has 1 aromatic rings.